The molecule has 1 aliphatic heterocycles. The molecule has 1 N–H and O–H groups in total. The van der Waals surface area contributed by atoms with E-state index in [1.165, 1.54) is 23.9 Å². The molecule has 7 heteroatoms. The number of carbonyl (C=O) groups is 2. The zero-order valence-electron chi connectivity index (χ0n) is 15.4. The van der Waals surface area contributed by atoms with E-state index in [9.17, 15) is 14.0 Å². The lowest BCUT2D eigenvalue weighted by molar-refractivity contribution is -0.139. The Morgan fingerprint density at radius 1 is 1.33 bits per heavy atom. The van der Waals surface area contributed by atoms with Crippen LogP contribution < -0.4 is 5.32 Å². The molecule has 3 rings (SSSR count). The quantitative estimate of drug-likeness (QED) is 0.783. The van der Waals surface area contributed by atoms with E-state index in [-0.39, 0.29) is 35.5 Å². The predicted octanol–water partition coefficient (Wildman–Crippen LogP) is 3.72. The molecule has 0 radical (unpaired) electrons. The van der Waals surface area contributed by atoms with Gasteiger partial charge in [0.15, 0.2) is 0 Å². The molecule has 2 atom stereocenters. The minimum Gasteiger partial charge on any atom is -0.466 e. The van der Waals surface area contributed by atoms with Crippen LogP contribution in [0, 0.1) is 11.7 Å². The van der Waals surface area contributed by atoms with Crippen LogP contribution in [0.15, 0.2) is 47.1 Å². The van der Waals surface area contributed by atoms with Crippen LogP contribution in [0.2, 0.25) is 0 Å². The maximum atomic E-state index is 13.0. The second-order valence-electron chi connectivity index (χ2n) is 6.97. The summed E-state index contributed by atoms with van der Waals surface area (Å²) in [6.45, 7) is 4.33. The van der Waals surface area contributed by atoms with Crippen LogP contribution in [0.5, 0.6) is 0 Å². The number of nitrogens with zero attached hydrogens (tertiary/aromatic N) is 1. The third-order valence-electron chi connectivity index (χ3n) is 4.40. The van der Waals surface area contributed by atoms with Gasteiger partial charge in [-0.15, -0.1) is 11.8 Å². The standard InChI is InChI=1S/C20H23FN2O3S/c1-13(2)10-16(19(25)22-11-14-5-7-15(21)8-6-14)23-18(24)12-27-20(23)17-4-3-9-26-17/h3-9,13,16,20H,10-12H2,1-2H3,(H,22,25)/t16-,20-/m0/s1. The van der Waals surface area contributed by atoms with Crippen LogP contribution >= 0.6 is 11.8 Å². The van der Waals surface area contributed by atoms with Crippen LogP contribution in [0.1, 0.15) is 37.0 Å². The highest BCUT2D eigenvalue weighted by atomic mass is 32.2. The highest BCUT2D eigenvalue weighted by Crippen LogP contribution is 2.41. The molecular weight excluding hydrogens is 367 g/mol. The molecule has 1 saturated heterocycles. The van der Waals surface area contributed by atoms with Gasteiger partial charge in [0.25, 0.3) is 0 Å². The number of amides is 2. The van der Waals surface area contributed by atoms with Crippen molar-refractivity contribution in [1.82, 2.24) is 10.2 Å². The highest BCUT2D eigenvalue weighted by Gasteiger charge is 2.42. The lowest BCUT2D eigenvalue weighted by atomic mass is 10.0. The minimum absolute atomic E-state index is 0.0658. The van der Waals surface area contributed by atoms with E-state index in [1.807, 2.05) is 19.9 Å². The van der Waals surface area contributed by atoms with Crippen LogP contribution in [0.3, 0.4) is 0 Å². The van der Waals surface area contributed by atoms with Gasteiger partial charge in [0.1, 0.15) is 23.0 Å². The fraction of sp³-hybridized carbons (Fsp3) is 0.400. The zero-order valence-corrected chi connectivity index (χ0v) is 16.2. The van der Waals surface area contributed by atoms with E-state index in [4.69, 9.17) is 4.42 Å². The fourth-order valence-electron chi connectivity index (χ4n) is 3.13. The van der Waals surface area contributed by atoms with E-state index < -0.39 is 6.04 Å². The maximum Gasteiger partial charge on any atom is 0.243 e. The first-order valence-electron chi connectivity index (χ1n) is 8.94. The third-order valence-corrected chi connectivity index (χ3v) is 5.59. The molecule has 0 saturated carbocycles. The Kier molecular flexibility index (Phi) is 6.21. The Bertz CT molecular complexity index is 777. The van der Waals surface area contributed by atoms with Crippen LogP contribution in [-0.4, -0.2) is 28.5 Å². The first-order valence-corrected chi connectivity index (χ1v) is 9.99. The second kappa shape index (κ2) is 8.61. The van der Waals surface area contributed by atoms with Gasteiger partial charge < -0.3 is 14.6 Å². The summed E-state index contributed by atoms with van der Waals surface area (Å²) >= 11 is 1.47. The fourth-order valence-corrected chi connectivity index (χ4v) is 4.30. The second-order valence-corrected chi connectivity index (χ2v) is 8.04. The Labute approximate surface area is 162 Å². The van der Waals surface area contributed by atoms with Crippen molar-refractivity contribution < 1.29 is 18.4 Å². The van der Waals surface area contributed by atoms with Crippen molar-refractivity contribution in [3.8, 4) is 0 Å². The minimum atomic E-state index is -0.581. The Morgan fingerprint density at radius 3 is 2.70 bits per heavy atom. The van der Waals surface area contributed by atoms with Gasteiger partial charge in [-0.1, -0.05) is 26.0 Å². The van der Waals surface area contributed by atoms with Crippen molar-refractivity contribution in [3.63, 3.8) is 0 Å². The topological polar surface area (TPSA) is 62.6 Å². The van der Waals surface area contributed by atoms with Gasteiger partial charge >= 0.3 is 0 Å². The number of thioether (sulfide) groups is 1. The van der Waals surface area contributed by atoms with Gasteiger partial charge in [-0.05, 0) is 42.2 Å². The third kappa shape index (κ3) is 4.71. The number of furan rings is 1. The Balaban J connectivity index is 1.76. The average Bonchev–Trinajstić information content (AvgIpc) is 3.28. The normalized spacial score (nSPS) is 18.1. The van der Waals surface area contributed by atoms with Gasteiger partial charge in [0.05, 0.1) is 12.0 Å². The van der Waals surface area contributed by atoms with Crippen LogP contribution in [0.4, 0.5) is 4.39 Å². The summed E-state index contributed by atoms with van der Waals surface area (Å²) in [6, 6.07) is 9.02. The number of nitrogens with one attached hydrogen (secondary N) is 1. The van der Waals surface area contributed by atoms with Crippen molar-refractivity contribution in [3.05, 3.63) is 59.8 Å². The molecule has 0 spiro atoms. The highest BCUT2D eigenvalue weighted by molar-refractivity contribution is 8.00. The summed E-state index contributed by atoms with van der Waals surface area (Å²) in [6.07, 6.45) is 2.13. The molecule has 144 valence electrons. The number of benzene rings is 1. The van der Waals surface area contributed by atoms with Crippen molar-refractivity contribution in [2.75, 3.05) is 5.75 Å². The SMILES string of the molecule is CC(C)C[C@@H](C(=O)NCc1ccc(F)cc1)N1C(=O)CS[C@H]1c1ccco1. The lowest BCUT2D eigenvalue weighted by Gasteiger charge is -2.32. The summed E-state index contributed by atoms with van der Waals surface area (Å²) in [5.74, 6) is 0.645. The zero-order chi connectivity index (χ0) is 19.4. The van der Waals surface area contributed by atoms with E-state index >= 15 is 0 Å². The number of halogens is 1. The van der Waals surface area contributed by atoms with Crippen molar-refractivity contribution in [2.45, 2.75) is 38.2 Å². The van der Waals surface area contributed by atoms with Gasteiger partial charge in [-0.3, -0.25) is 9.59 Å². The molecular formula is C20H23FN2O3S. The average molecular weight is 390 g/mol. The number of carbonyl (C=O) groups excluding carboxylic acids is 2. The number of hydrogen-bond acceptors (Lipinski definition) is 4. The summed E-state index contributed by atoms with van der Waals surface area (Å²) in [7, 11) is 0. The monoisotopic (exact) mass is 390 g/mol. The maximum absolute atomic E-state index is 13.0. The summed E-state index contributed by atoms with van der Waals surface area (Å²) < 4.78 is 18.5. The Hall–Kier alpha value is -2.28. The Morgan fingerprint density at radius 2 is 2.07 bits per heavy atom. The largest absolute Gasteiger partial charge is 0.466 e. The number of rotatable bonds is 7. The van der Waals surface area contributed by atoms with Crippen molar-refractivity contribution in [1.29, 1.82) is 0 Å². The van der Waals surface area contributed by atoms with Crippen LogP contribution in [-0.2, 0) is 16.1 Å². The van der Waals surface area contributed by atoms with E-state index in [0.29, 0.717) is 17.9 Å². The first kappa shape index (κ1) is 19.5. The van der Waals surface area contributed by atoms with Gasteiger partial charge in [0.2, 0.25) is 11.8 Å². The smallest absolute Gasteiger partial charge is 0.243 e. The lowest BCUT2D eigenvalue weighted by Crippen LogP contribution is -2.49. The van der Waals surface area contributed by atoms with E-state index in [1.54, 1.807) is 29.4 Å². The molecule has 1 aliphatic rings. The van der Waals surface area contributed by atoms with Crippen molar-refractivity contribution >= 4 is 23.6 Å². The van der Waals surface area contributed by atoms with Gasteiger partial charge in [-0.25, -0.2) is 4.39 Å². The molecule has 1 aromatic heterocycles. The molecule has 2 aromatic rings. The summed E-state index contributed by atoms with van der Waals surface area (Å²) in [4.78, 5) is 27.2. The molecule has 0 unspecified atom stereocenters. The van der Waals surface area contributed by atoms with E-state index in [0.717, 1.165) is 5.56 Å². The molecule has 5 nitrogen and oxygen atoms in total. The van der Waals surface area contributed by atoms with E-state index in [2.05, 4.69) is 5.32 Å². The molecule has 0 aliphatic carbocycles. The molecule has 1 fully saturated rings. The molecule has 2 heterocycles. The van der Waals surface area contributed by atoms with Gasteiger partial charge in [-0.2, -0.15) is 0 Å². The summed E-state index contributed by atoms with van der Waals surface area (Å²) in [5, 5.41) is 2.59. The number of hydrogen-bond donors (Lipinski definition) is 1. The molecule has 2 amide bonds. The van der Waals surface area contributed by atoms with Crippen LogP contribution in [0.25, 0.3) is 0 Å². The molecule has 27 heavy (non-hydrogen) atoms. The molecule has 0 bridgehead atoms. The first-order chi connectivity index (χ1) is 13.0. The van der Waals surface area contributed by atoms with Gasteiger partial charge in [0, 0.05) is 6.54 Å². The predicted molar refractivity (Wildman–Crippen MR) is 102 cm³/mol. The molecule has 1 aromatic carbocycles. The summed E-state index contributed by atoms with van der Waals surface area (Å²) in [5.41, 5.74) is 0.803. The van der Waals surface area contributed by atoms with Crippen molar-refractivity contribution in [2.24, 2.45) is 5.92 Å².